The number of carbonyl (C=O) groups excluding carboxylic acids is 1. The molecule has 1 N–H and O–H groups in total. The molecule has 3 heteroatoms. The third-order valence-corrected chi connectivity index (χ3v) is 1.84. The number of benzene rings is 1. The van der Waals surface area contributed by atoms with Crippen LogP contribution >= 0.6 is 0 Å². The van der Waals surface area contributed by atoms with Gasteiger partial charge in [-0.25, -0.2) is 4.89 Å². The third kappa shape index (κ3) is 2.65. The molecule has 0 saturated heterocycles. The van der Waals surface area contributed by atoms with E-state index in [2.05, 4.69) is 10.1 Å². The summed E-state index contributed by atoms with van der Waals surface area (Å²) >= 11 is 0. The zero-order valence-corrected chi connectivity index (χ0v) is 7.40. The molecule has 3 nitrogen and oxygen atoms in total. The van der Waals surface area contributed by atoms with Crippen LogP contribution in [0, 0.1) is 0 Å². The molecule has 0 bridgehead atoms. The molecule has 0 aliphatic heterocycles. The minimum Gasteiger partial charge on any atom is -0.300 e. The van der Waals surface area contributed by atoms with E-state index < -0.39 is 5.60 Å². The summed E-state index contributed by atoms with van der Waals surface area (Å²) in [4.78, 5) is 15.3. The molecule has 1 atom stereocenters. The normalized spacial score (nSPS) is 15.9. The SMILES string of the molecule is [2H]OOC(C)(C=O)Cc1ccccc1. The van der Waals surface area contributed by atoms with Gasteiger partial charge in [-0.05, 0) is 12.5 Å². The van der Waals surface area contributed by atoms with E-state index in [0.29, 0.717) is 12.7 Å². The Hall–Kier alpha value is -1.19. The van der Waals surface area contributed by atoms with Gasteiger partial charge < -0.3 is 0 Å². The van der Waals surface area contributed by atoms with E-state index in [4.69, 9.17) is 1.43 Å². The Labute approximate surface area is 78.4 Å². The summed E-state index contributed by atoms with van der Waals surface area (Å²) in [7, 11) is 0. The van der Waals surface area contributed by atoms with Crippen molar-refractivity contribution in [1.29, 1.82) is 1.43 Å². The van der Waals surface area contributed by atoms with Crippen molar-refractivity contribution in [3.8, 4) is 0 Å². The highest BCUT2D eigenvalue weighted by Crippen LogP contribution is 2.13. The van der Waals surface area contributed by atoms with Crippen molar-refractivity contribution in [1.82, 2.24) is 0 Å². The van der Waals surface area contributed by atoms with Crippen LogP contribution in [-0.2, 0) is 16.1 Å². The molecule has 70 valence electrons. The average molecular weight is 181 g/mol. The molecule has 0 aliphatic rings. The minimum absolute atomic E-state index is 0.385. The van der Waals surface area contributed by atoms with E-state index in [1.54, 1.807) is 6.92 Å². The lowest BCUT2D eigenvalue weighted by atomic mass is 9.98. The maximum Gasteiger partial charge on any atom is 0.255 e. The fraction of sp³-hybridized carbons (Fsp3) is 0.300. The maximum absolute atomic E-state index is 10.7. The van der Waals surface area contributed by atoms with Gasteiger partial charge in [0, 0.05) is 6.42 Å². The molecule has 0 fully saturated rings. The number of rotatable bonds is 5. The van der Waals surface area contributed by atoms with Crippen LogP contribution in [0.5, 0.6) is 0 Å². The Morgan fingerprint density at radius 1 is 1.62 bits per heavy atom. The van der Waals surface area contributed by atoms with Crippen molar-refractivity contribution in [3.05, 3.63) is 35.9 Å². The maximum atomic E-state index is 10.7. The Bertz CT molecular complexity index is 289. The molecule has 0 amide bonds. The first kappa shape index (κ1) is 8.41. The van der Waals surface area contributed by atoms with Gasteiger partial charge in [0.1, 0.15) is 0 Å². The van der Waals surface area contributed by atoms with E-state index in [1.165, 1.54) is 0 Å². The summed E-state index contributed by atoms with van der Waals surface area (Å²) in [5.41, 5.74) is -0.137. The van der Waals surface area contributed by atoms with Gasteiger partial charge >= 0.3 is 0 Å². The van der Waals surface area contributed by atoms with Gasteiger partial charge in [-0.2, -0.15) is 0 Å². The van der Waals surface area contributed by atoms with Crippen LogP contribution in [0.1, 0.15) is 12.5 Å². The van der Waals surface area contributed by atoms with E-state index in [1.807, 2.05) is 30.3 Å². The smallest absolute Gasteiger partial charge is 0.255 e. The number of hydrogen-bond acceptors (Lipinski definition) is 3. The highest BCUT2D eigenvalue weighted by atomic mass is 17.1. The molecule has 0 aliphatic carbocycles. The largest absolute Gasteiger partial charge is 0.300 e. The summed E-state index contributed by atoms with van der Waals surface area (Å²) in [6.07, 6.45) is 1.02. The monoisotopic (exact) mass is 181 g/mol. The Morgan fingerprint density at radius 2 is 2.31 bits per heavy atom. The summed E-state index contributed by atoms with van der Waals surface area (Å²) < 4.78 is 6.45. The average Bonchev–Trinajstić information content (AvgIpc) is 2.20. The molecule has 0 spiro atoms. The zero-order chi connectivity index (χ0) is 10.4. The Kier molecular flexibility index (Phi) is 2.69. The van der Waals surface area contributed by atoms with Crippen molar-refractivity contribution in [2.24, 2.45) is 0 Å². The second kappa shape index (κ2) is 4.16. The van der Waals surface area contributed by atoms with Gasteiger partial charge in [0.05, 0.1) is 0 Å². The molecular weight excluding hydrogens is 168 g/mol. The first-order chi connectivity index (χ1) is 6.70. The molecule has 0 radical (unpaired) electrons. The lowest BCUT2D eigenvalue weighted by molar-refractivity contribution is -0.302. The summed E-state index contributed by atoms with van der Waals surface area (Å²) in [5.74, 6) is 0. The summed E-state index contributed by atoms with van der Waals surface area (Å²) in [5, 5.41) is 3.79. The Morgan fingerprint density at radius 3 is 2.85 bits per heavy atom. The van der Waals surface area contributed by atoms with Crippen molar-refractivity contribution in [3.63, 3.8) is 0 Å². The van der Waals surface area contributed by atoms with Crippen LogP contribution in [0.2, 0.25) is 0 Å². The zero-order valence-electron chi connectivity index (χ0n) is 8.40. The van der Waals surface area contributed by atoms with Crippen LogP contribution in [0.25, 0.3) is 1.43 Å². The summed E-state index contributed by atoms with van der Waals surface area (Å²) in [6, 6.07) is 9.41. The molecule has 1 aromatic rings. The molecule has 13 heavy (non-hydrogen) atoms. The number of aldehydes is 1. The predicted octanol–water partition coefficient (Wildman–Crippen LogP) is 1.68. The quantitative estimate of drug-likeness (QED) is 0.427. The molecule has 0 heterocycles. The molecule has 1 unspecified atom stereocenters. The first-order valence-electron chi connectivity index (χ1n) is 4.42. The summed E-state index contributed by atoms with van der Waals surface area (Å²) in [6.45, 7) is 1.57. The highest BCUT2D eigenvalue weighted by molar-refractivity contribution is 5.62. The van der Waals surface area contributed by atoms with Crippen molar-refractivity contribution in [2.75, 3.05) is 0 Å². The molecule has 1 rings (SSSR count). The van der Waals surface area contributed by atoms with Crippen molar-refractivity contribution >= 4 is 6.29 Å². The Balaban J connectivity index is 2.70. The molecule has 1 aromatic carbocycles. The third-order valence-electron chi connectivity index (χ3n) is 1.84. The predicted molar refractivity (Wildman–Crippen MR) is 48.3 cm³/mol. The van der Waals surface area contributed by atoms with Crippen LogP contribution < -0.4 is 0 Å². The number of hydrogen-bond donors (Lipinski definition) is 1. The molecule has 0 aromatic heterocycles. The standard InChI is InChI=1S/C10H12O3/c1-10(8-11,13-12)7-9-5-3-2-4-6-9/h2-6,8,12H,7H2,1H3/i/hD. The van der Waals surface area contributed by atoms with Crippen molar-refractivity contribution < 1.29 is 14.9 Å². The lowest BCUT2D eigenvalue weighted by Gasteiger charge is -2.18. The fourth-order valence-electron chi connectivity index (χ4n) is 1.09. The van der Waals surface area contributed by atoms with Crippen molar-refractivity contribution in [2.45, 2.75) is 18.9 Å². The molecule has 0 saturated carbocycles. The molecular formula is C10H12O3. The fourth-order valence-corrected chi connectivity index (χ4v) is 1.09. The highest BCUT2D eigenvalue weighted by Gasteiger charge is 2.24. The van der Waals surface area contributed by atoms with Crippen LogP contribution in [-0.4, -0.2) is 17.1 Å². The minimum atomic E-state index is -1.09. The topological polar surface area (TPSA) is 46.5 Å². The van der Waals surface area contributed by atoms with Gasteiger partial charge in [-0.1, -0.05) is 30.3 Å². The van der Waals surface area contributed by atoms with E-state index in [9.17, 15) is 4.79 Å². The second-order valence-electron chi connectivity index (χ2n) is 3.18. The van der Waals surface area contributed by atoms with Gasteiger partial charge in [0.15, 0.2) is 11.9 Å². The second-order valence-corrected chi connectivity index (χ2v) is 3.18. The van der Waals surface area contributed by atoms with Gasteiger partial charge in [0.2, 0.25) is 0 Å². The lowest BCUT2D eigenvalue weighted by Crippen LogP contribution is -2.32. The van der Waals surface area contributed by atoms with Crippen LogP contribution in [0.15, 0.2) is 30.3 Å². The van der Waals surface area contributed by atoms with Crippen LogP contribution in [0.3, 0.4) is 0 Å². The van der Waals surface area contributed by atoms with E-state index in [-0.39, 0.29) is 0 Å². The van der Waals surface area contributed by atoms with E-state index in [0.717, 1.165) is 5.56 Å². The van der Waals surface area contributed by atoms with Gasteiger partial charge in [0.25, 0.3) is 1.43 Å². The van der Waals surface area contributed by atoms with Gasteiger partial charge in [-0.3, -0.25) is 10.1 Å². The number of carbonyl (C=O) groups is 1. The van der Waals surface area contributed by atoms with Crippen LogP contribution in [0.4, 0.5) is 0 Å². The van der Waals surface area contributed by atoms with Gasteiger partial charge in [-0.15, -0.1) is 0 Å². The van der Waals surface area contributed by atoms with E-state index >= 15 is 0 Å². The first-order valence-corrected chi connectivity index (χ1v) is 4.01.